The SMILES string of the molecule is O=S(=O)(Nc1ccc([C@H]2O[C@@H](CSCCO)C[C@@H](c3ccc(CO)cc3)O2)cc1)c1ccccc1. The molecule has 35 heavy (non-hydrogen) atoms. The van der Waals surface area contributed by atoms with Gasteiger partial charge in [0.05, 0.1) is 30.3 Å². The third-order valence-electron chi connectivity index (χ3n) is 5.64. The Morgan fingerprint density at radius 2 is 1.57 bits per heavy atom. The Hall–Kier alpha value is -2.40. The maximum atomic E-state index is 12.6. The highest BCUT2D eigenvalue weighted by Gasteiger charge is 2.32. The van der Waals surface area contributed by atoms with Crippen LogP contribution in [0.15, 0.2) is 83.8 Å². The molecule has 1 saturated heterocycles. The Morgan fingerprint density at radius 1 is 0.886 bits per heavy atom. The molecule has 3 aromatic rings. The Bertz CT molecular complexity index is 1170. The summed E-state index contributed by atoms with van der Waals surface area (Å²) in [6, 6.07) is 22.9. The van der Waals surface area contributed by atoms with Gasteiger partial charge in [0.1, 0.15) is 0 Å². The van der Waals surface area contributed by atoms with Crippen molar-refractivity contribution in [1.29, 1.82) is 0 Å². The molecular formula is C26H29NO6S2. The molecule has 0 aliphatic carbocycles. The summed E-state index contributed by atoms with van der Waals surface area (Å²) in [6.45, 7) is 0.0993. The number of sulfonamides is 1. The predicted octanol–water partition coefficient (Wildman–Crippen LogP) is 4.25. The largest absolute Gasteiger partial charge is 0.396 e. The maximum Gasteiger partial charge on any atom is 0.261 e. The van der Waals surface area contributed by atoms with Crippen LogP contribution in [0, 0.1) is 0 Å². The fourth-order valence-corrected chi connectivity index (χ4v) is 5.68. The Morgan fingerprint density at radius 3 is 2.23 bits per heavy atom. The zero-order valence-electron chi connectivity index (χ0n) is 19.1. The fourth-order valence-electron chi connectivity index (χ4n) is 3.82. The lowest BCUT2D eigenvalue weighted by molar-refractivity contribution is -0.245. The van der Waals surface area contributed by atoms with Gasteiger partial charge in [-0.25, -0.2) is 8.42 Å². The van der Waals surface area contributed by atoms with Crippen LogP contribution < -0.4 is 4.72 Å². The number of nitrogens with one attached hydrogen (secondary N) is 1. The molecule has 1 aliphatic heterocycles. The van der Waals surface area contributed by atoms with Crippen molar-refractivity contribution >= 4 is 27.5 Å². The molecule has 1 heterocycles. The van der Waals surface area contributed by atoms with Gasteiger partial charge >= 0.3 is 0 Å². The van der Waals surface area contributed by atoms with Crippen molar-refractivity contribution in [2.45, 2.75) is 36.4 Å². The lowest BCUT2D eigenvalue weighted by atomic mass is 10.0. The number of aliphatic hydroxyl groups is 2. The number of thioether (sulfide) groups is 1. The summed E-state index contributed by atoms with van der Waals surface area (Å²) in [4.78, 5) is 0.196. The minimum Gasteiger partial charge on any atom is -0.396 e. The van der Waals surface area contributed by atoms with Crippen LogP contribution in [0.3, 0.4) is 0 Å². The molecule has 186 valence electrons. The zero-order chi connectivity index (χ0) is 24.7. The summed E-state index contributed by atoms with van der Waals surface area (Å²) in [5, 5.41) is 18.5. The van der Waals surface area contributed by atoms with E-state index in [0.29, 0.717) is 17.9 Å². The van der Waals surface area contributed by atoms with Gasteiger partial charge in [0.15, 0.2) is 6.29 Å². The molecule has 0 amide bonds. The molecular weight excluding hydrogens is 486 g/mol. The van der Waals surface area contributed by atoms with E-state index < -0.39 is 16.3 Å². The quantitative estimate of drug-likeness (QED) is 0.347. The summed E-state index contributed by atoms with van der Waals surface area (Å²) >= 11 is 1.63. The van der Waals surface area contributed by atoms with E-state index in [9.17, 15) is 13.5 Å². The second-order valence-electron chi connectivity index (χ2n) is 8.19. The summed E-state index contributed by atoms with van der Waals surface area (Å²) < 4.78 is 40.3. The van der Waals surface area contributed by atoms with E-state index in [-0.39, 0.29) is 30.3 Å². The van der Waals surface area contributed by atoms with Crippen molar-refractivity contribution in [3.8, 4) is 0 Å². The van der Waals surface area contributed by atoms with Crippen molar-refractivity contribution in [2.75, 3.05) is 22.8 Å². The first kappa shape index (κ1) is 25.7. The molecule has 3 atom stereocenters. The summed E-state index contributed by atoms with van der Waals surface area (Å²) in [7, 11) is -3.68. The van der Waals surface area contributed by atoms with Gasteiger partial charge in [-0.05, 0) is 35.4 Å². The minimum absolute atomic E-state index is 0.0155. The first-order chi connectivity index (χ1) is 17.0. The van der Waals surface area contributed by atoms with Crippen LogP contribution in [0.25, 0.3) is 0 Å². The normalized spacial score (nSPS) is 20.5. The first-order valence-electron chi connectivity index (χ1n) is 11.4. The van der Waals surface area contributed by atoms with Crippen LogP contribution in [0.2, 0.25) is 0 Å². The maximum absolute atomic E-state index is 12.6. The third kappa shape index (κ3) is 6.84. The highest BCUT2D eigenvalue weighted by molar-refractivity contribution is 7.99. The van der Waals surface area contributed by atoms with Crippen LogP contribution in [0.1, 0.15) is 35.5 Å². The number of hydrogen-bond acceptors (Lipinski definition) is 7. The van der Waals surface area contributed by atoms with Gasteiger partial charge in [0.25, 0.3) is 10.0 Å². The molecule has 1 aliphatic rings. The Kier molecular flexibility index (Phi) is 8.83. The van der Waals surface area contributed by atoms with Crippen molar-refractivity contribution in [1.82, 2.24) is 0 Å². The number of aliphatic hydroxyl groups excluding tert-OH is 2. The van der Waals surface area contributed by atoms with Crippen molar-refractivity contribution in [3.63, 3.8) is 0 Å². The molecule has 0 unspecified atom stereocenters. The van der Waals surface area contributed by atoms with E-state index in [2.05, 4.69) is 4.72 Å². The lowest BCUT2D eigenvalue weighted by Crippen LogP contribution is -2.31. The molecule has 0 spiro atoms. The number of benzene rings is 3. The topological polar surface area (TPSA) is 105 Å². The number of anilines is 1. The van der Waals surface area contributed by atoms with Gasteiger partial charge in [-0.15, -0.1) is 0 Å². The Balaban J connectivity index is 1.50. The van der Waals surface area contributed by atoms with E-state index in [1.165, 1.54) is 0 Å². The van der Waals surface area contributed by atoms with Crippen LogP contribution in [-0.4, -0.2) is 42.8 Å². The van der Waals surface area contributed by atoms with Gasteiger partial charge in [0, 0.05) is 29.2 Å². The van der Waals surface area contributed by atoms with Crippen LogP contribution >= 0.6 is 11.8 Å². The monoisotopic (exact) mass is 515 g/mol. The number of hydrogen-bond donors (Lipinski definition) is 3. The Labute approximate surface area is 210 Å². The van der Waals surface area contributed by atoms with Crippen molar-refractivity contribution in [3.05, 3.63) is 95.6 Å². The first-order valence-corrected chi connectivity index (χ1v) is 14.0. The van der Waals surface area contributed by atoms with E-state index in [1.54, 1.807) is 66.4 Å². The molecule has 9 heteroatoms. The fraction of sp³-hybridized carbons (Fsp3) is 0.308. The minimum atomic E-state index is -3.68. The number of rotatable bonds is 10. The van der Waals surface area contributed by atoms with Gasteiger partial charge in [-0.3, -0.25) is 4.72 Å². The third-order valence-corrected chi connectivity index (χ3v) is 8.12. The molecule has 0 saturated carbocycles. The van der Waals surface area contributed by atoms with E-state index in [4.69, 9.17) is 14.6 Å². The highest BCUT2D eigenvalue weighted by Crippen LogP contribution is 2.39. The van der Waals surface area contributed by atoms with Gasteiger partial charge in [-0.2, -0.15) is 11.8 Å². The van der Waals surface area contributed by atoms with E-state index >= 15 is 0 Å². The molecule has 3 N–H and O–H groups in total. The van der Waals surface area contributed by atoms with Crippen molar-refractivity contribution < 1.29 is 28.1 Å². The van der Waals surface area contributed by atoms with Crippen LogP contribution in [0.5, 0.6) is 0 Å². The van der Waals surface area contributed by atoms with E-state index in [0.717, 1.165) is 22.4 Å². The number of ether oxygens (including phenoxy) is 2. The molecule has 0 radical (unpaired) electrons. The second kappa shape index (κ2) is 12.0. The molecule has 1 fully saturated rings. The lowest BCUT2D eigenvalue weighted by Gasteiger charge is -2.36. The summed E-state index contributed by atoms with van der Waals surface area (Å²) in [5.41, 5.74) is 3.06. The smallest absolute Gasteiger partial charge is 0.261 e. The van der Waals surface area contributed by atoms with Gasteiger partial charge in [-0.1, -0.05) is 54.6 Å². The van der Waals surface area contributed by atoms with E-state index in [1.807, 2.05) is 24.3 Å². The average Bonchev–Trinajstić information content (AvgIpc) is 2.89. The molecule has 0 aromatic heterocycles. The van der Waals surface area contributed by atoms with Crippen molar-refractivity contribution in [2.24, 2.45) is 0 Å². The van der Waals surface area contributed by atoms with Gasteiger partial charge < -0.3 is 19.7 Å². The highest BCUT2D eigenvalue weighted by atomic mass is 32.2. The second-order valence-corrected chi connectivity index (χ2v) is 11.0. The zero-order valence-corrected chi connectivity index (χ0v) is 20.8. The van der Waals surface area contributed by atoms with Crippen LogP contribution in [0.4, 0.5) is 5.69 Å². The summed E-state index contributed by atoms with van der Waals surface area (Å²) in [5.74, 6) is 1.36. The standard InChI is InChI=1S/C26H29NO6S2/c28-14-15-34-18-23-16-25(20-8-6-19(17-29)7-9-20)33-26(32-23)21-10-12-22(13-11-21)27-35(30,31)24-4-2-1-3-5-24/h1-13,23,25-29H,14-18H2/t23-,25+,26+/m1/s1. The average molecular weight is 516 g/mol. The predicted molar refractivity (Wildman–Crippen MR) is 137 cm³/mol. The molecule has 3 aromatic carbocycles. The summed E-state index contributed by atoms with van der Waals surface area (Å²) in [6.07, 6.45) is -0.227. The molecule has 4 rings (SSSR count). The van der Waals surface area contributed by atoms with Crippen LogP contribution in [-0.2, 0) is 26.1 Å². The van der Waals surface area contributed by atoms with Gasteiger partial charge in [0.2, 0.25) is 0 Å². The molecule has 7 nitrogen and oxygen atoms in total. The molecule has 0 bridgehead atoms.